The number of carbonyl (C=O) groups excluding carboxylic acids is 1. The minimum absolute atomic E-state index is 0.170. The van der Waals surface area contributed by atoms with Gasteiger partial charge in [0.05, 0.1) is 17.8 Å². The van der Waals surface area contributed by atoms with Crippen molar-refractivity contribution in [2.24, 2.45) is 7.05 Å². The van der Waals surface area contributed by atoms with Gasteiger partial charge in [-0.15, -0.1) is 0 Å². The van der Waals surface area contributed by atoms with Crippen LogP contribution in [0.25, 0.3) is 0 Å². The van der Waals surface area contributed by atoms with Gasteiger partial charge < -0.3 is 10.6 Å². The first-order valence-corrected chi connectivity index (χ1v) is 7.05. The maximum Gasteiger partial charge on any atom is 0.255 e. The fraction of sp³-hybridized carbons (Fsp3) is 0.308. The molecule has 0 aromatic carbocycles. The molecule has 20 heavy (non-hydrogen) atoms. The molecule has 0 fully saturated rings. The van der Waals surface area contributed by atoms with E-state index >= 15 is 0 Å². The Labute approximate surface area is 125 Å². The lowest BCUT2D eigenvalue weighted by atomic mass is 10.2. The molecule has 7 heteroatoms. The van der Waals surface area contributed by atoms with Crippen molar-refractivity contribution in [3.8, 4) is 0 Å². The van der Waals surface area contributed by atoms with Crippen LogP contribution in [-0.4, -0.2) is 27.2 Å². The Balaban J connectivity index is 2.12. The van der Waals surface area contributed by atoms with E-state index in [1.807, 2.05) is 20.0 Å². The number of hydrogen-bond acceptors (Lipinski definition) is 4. The second-order valence-corrected chi connectivity index (χ2v) is 5.12. The Kier molecular flexibility index (Phi) is 4.73. The van der Waals surface area contributed by atoms with Gasteiger partial charge in [-0.05, 0) is 35.0 Å². The monoisotopic (exact) mass is 337 g/mol. The number of aromatic nitrogens is 3. The fourth-order valence-electron chi connectivity index (χ4n) is 1.76. The molecule has 1 amide bonds. The molecule has 0 radical (unpaired) electrons. The maximum absolute atomic E-state index is 12.3. The van der Waals surface area contributed by atoms with Gasteiger partial charge in [0.1, 0.15) is 5.82 Å². The molecule has 0 spiro atoms. The van der Waals surface area contributed by atoms with E-state index in [-0.39, 0.29) is 5.91 Å². The lowest BCUT2D eigenvalue weighted by molar-refractivity contribution is 0.0950. The molecule has 2 rings (SSSR count). The van der Waals surface area contributed by atoms with Gasteiger partial charge in [-0.3, -0.25) is 9.48 Å². The zero-order valence-electron chi connectivity index (χ0n) is 11.4. The summed E-state index contributed by atoms with van der Waals surface area (Å²) in [6.45, 7) is 3.09. The second-order valence-electron chi connectivity index (χ2n) is 4.21. The summed E-state index contributed by atoms with van der Waals surface area (Å²) in [5.41, 5.74) is 1.45. The van der Waals surface area contributed by atoms with Crippen LogP contribution >= 0.6 is 15.9 Å². The number of halogens is 1. The molecule has 0 bridgehead atoms. The summed E-state index contributed by atoms with van der Waals surface area (Å²) in [6, 6.07) is 3.62. The van der Waals surface area contributed by atoms with Crippen molar-refractivity contribution in [1.29, 1.82) is 0 Å². The van der Waals surface area contributed by atoms with Gasteiger partial charge in [0, 0.05) is 30.5 Å². The Morgan fingerprint density at radius 3 is 2.95 bits per heavy atom. The number of anilines is 1. The van der Waals surface area contributed by atoms with Gasteiger partial charge in [0.2, 0.25) is 0 Å². The third-order valence-corrected chi connectivity index (χ3v) is 3.23. The van der Waals surface area contributed by atoms with Gasteiger partial charge in [-0.1, -0.05) is 0 Å². The van der Waals surface area contributed by atoms with Gasteiger partial charge >= 0.3 is 0 Å². The maximum atomic E-state index is 12.3. The number of rotatable bonds is 5. The van der Waals surface area contributed by atoms with Gasteiger partial charge in [0.25, 0.3) is 5.91 Å². The second kappa shape index (κ2) is 6.51. The summed E-state index contributed by atoms with van der Waals surface area (Å²) in [5.74, 6) is 0.411. The van der Waals surface area contributed by atoms with E-state index in [0.717, 1.165) is 10.2 Å². The zero-order chi connectivity index (χ0) is 14.5. The molecule has 0 saturated carbocycles. The van der Waals surface area contributed by atoms with Crippen molar-refractivity contribution in [2.45, 2.75) is 13.5 Å². The first kappa shape index (κ1) is 14.5. The van der Waals surface area contributed by atoms with Crippen molar-refractivity contribution in [2.75, 3.05) is 11.9 Å². The first-order chi connectivity index (χ1) is 9.61. The average Bonchev–Trinajstić information content (AvgIpc) is 2.84. The molecule has 0 aliphatic rings. The quantitative estimate of drug-likeness (QED) is 0.874. The van der Waals surface area contributed by atoms with Crippen LogP contribution in [0.5, 0.6) is 0 Å². The predicted molar refractivity (Wildman–Crippen MR) is 80.5 cm³/mol. The molecule has 2 N–H and O–H groups in total. The minimum atomic E-state index is -0.170. The van der Waals surface area contributed by atoms with E-state index in [1.165, 1.54) is 0 Å². The standard InChI is InChI=1S/C13H16BrN5O/c1-3-15-12-11(6-9(14)7-16-12)13(20)17-8-10-4-5-18-19(10)2/h4-7H,3,8H2,1-2H3,(H,15,16)(H,17,20). The van der Waals surface area contributed by atoms with Crippen LogP contribution in [0.3, 0.4) is 0 Å². The summed E-state index contributed by atoms with van der Waals surface area (Å²) in [7, 11) is 1.84. The highest BCUT2D eigenvalue weighted by Gasteiger charge is 2.13. The highest BCUT2D eigenvalue weighted by atomic mass is 79.9. The van der Waals surface area contributed by atoms with E-state index in [0.29, 0.717) is 24.5 Å². The number of pyridine rings is 1. The van der Waals surface area contributed by atoms with Gasteiger partial charge in [0.15, 0.2) is 0 Å². The summed E-state index contributed by atoms with van der Waals surface area (Å²) in [5, 5.41) is 10.0. The van der Waals surface area contributed by atoms with E-state index in [1.54, 1.807) is 23.1 Å². The van der Waals surface area contributed by atoms with Crippen LogP contribution in [0.15, 0.2) is 29.0 Å². The molecular formula is C13H16BrN5O. The Morgan fingerprint density at radius 2 is 2.30 bits per heavy atom. The Morgan fingerprint density at radius 1 is 1.50 bits per heavy atom. The van der Waals surface area contributed by atoms with Crippen LogP contribution in [0.4, 0.5) is 5.82 Å². The summed E-state index contributed by atoms with van der Waals surface area (Å²) in [6.07, 6.45) is 3.36. The van der Waals surface area contributed by atoms with Crippen LogP contribution < -0.4 is 10.6 Å². The number of hydrogen-bond donors (Lipinski definition) is 2. The average molecular weight is 338 g/mol. The van der Waals surface area contributed by atoms with E-state index in [2.05, 4.69) is 36.6 Å². The fourth-order valence-corrected chi connectivity index (χ4v) is 2.09. The molecule has 2 aromatic rings. The van der Waals surface area contributed by atoms with Crippen molar-refractivity contribution >= 4 is 27.7 Å². The highest BCUT2D eigenvalue weighted by Crippen LogP contribution is 2.18. The van der Waals surface area contributed by atoms with Gasteiger partial charge in [-0.2, -0.15) is 5.10 Å². The highest BCUT2D eigenvalue weighted by molar-refractivity contribution is 9.10. The summed E-state index contributed by atoms with van der Waals surface area (Å²) in [4.78, 5) is 16.5. The van der Waals surface area contributed by atoms with Crippen molar-refractivity contribution in [1.82, 2.24) is 20.1 Å². The lowest BCUT2D eigenvalue weighted by Crippen LogP contribution is -2.25. The smallest absolute Gasteiger partial charge is 0.255 e. The Hall–Kier alpha value is -1.89. The number of aryl methyl sites for hydroxylation is 1. The van der Waals surface area contributed by atoms with Crippen LogP contribution in [0.1, 0.15) is 23.0 Å². The molecule has 0 atom stereocenters. The summed E-state index contributed by atoms with van der Waals surface area (Å²) < 4.78 is 2.50. The SMILES string of the molecule is CCNc1ncc(Br)cc1C(=O)NCc1ccnn1C. The molecule has 0 unspecified atom stereocenters. The van der Waals surface area contributed by atoms with Crippen molar-refractivity contribution in [3.63, 3.8) is 0 Å². The molecule has 2 aromatic heterocycles. The zero-order valence-corrected chi connectivity index (χ0v) is 12.9. The molecule has 2 heterocycles. The lowest BCUT2D eigenvalue weighted by Gasteiger charge is -2.10. The van der Waals surface area contributed by atoms with Crippen LogP contribution in [0.2, 0.25) is 0 Å². The molecule has 0 saturated heterocycles. The van der Waals surface area contributed by atoms with Gasteiger partial charge in [-0.25, -0.2) is 4.98 Å². The normalized spacial score (nSPS) is 10.3. The summed E-state index contributed by atoms with van der Waals surface area (Å²) >= 11 is 3.33. The van der Waals surface area contributed by atoms with Crippen molar-refractivity contribution in [3.05, 3.63) is 40.3 Å². The topological polar surface area (TPSA) is 71.8 Å². The van der Waals surface area contributed by atoms with E-state index in [4.69, 9.17) is 0 Å². The minimum Gasteiger partial charge on any atom is -0.370 e. The van der Waals surface area contributed by atoms with Crippen molar-refractivity contribution < 1.29 is 4.79 Å². The number of nitrogens with zero attached hydrogens (tertiary/aromatic N) is 3. The number of amides is 1. The number of nitrogens with one attached hydrogen (secondary N) is 2. The third-order valence-electron chi connectivity index (χ3n) is 2.80. The van der Waals surface area contributed by atoms with Crippen LogP contribution in [0, 0.1) is 0 Å². The molecule has 0 aliphatic carbocycles. The third kappa shape index (κ3) is 3.36. The molecule has 106 valence electrons. The van der Waals surface area contributed by atoms with E-state index in [9.17, 15) is 4.79 Å². The molecule has 0 aliphatic heterocycles. The number of carbonyl (C=O) groups is 1. The van der Waals surface area contributed by atoms with E-state index < -0.39 is 0 Å². The largest absolute Gasteiger partial charge is 0.370 e. The molecule has 6 nitrogen and oxygen atoms in total. The Bertz CT molecular complexity index is 611. The molecular weight excluding hydrogens is 322 g/mol. The van der Waals surface area contributed by atoms with Crippen LogP contribution in [-0.2, 0) is 13.6 Å². The first-order valence-electron chi connectivity index (χ1n) is 6.26. The predicted octanol–water partition coefficient (Wildman–Crippen LogP) is 1.94.